The quantitative estimate of drug-likeness (QED) is 0.149. The summed E-state index contributed by atoms with van der Waals surface area (Å²) in [4.78, 5) is 0. The number of halogens is 2. The Morgan fingerprint density at radius 2 is 1.34 bits per heavy atom. The van der Waals surface area contributed by atoms with E-state index >= 15 is 0 Å². The third-order valence-corrected chi connectivity index (χ3v) is 63.3. The van der Waals surface area contributed by atoms with Crippen molar-refractivity contribution in [3.8, 4) is 22.3 Å². The Hall–Kier alpha value is -1.96. The number of hydrogen-bond acceptors (Lipinski definition) is 0. The molecule has 3 unspecified atom stereocenters. The van der Waals surface area contributed by atoms with Gasteiger partial charge in [-0.1, -0.05) is 0 Å². The molecule has 0 saturated heterocycles. The predicted molar refractivity (Wildman–Crippen MR) is 209 cm³/mol. The first-order valence-electron chi connectivity index (χ1n) is 17.7. The summed E-state index contributed by atoms with van der Waals surface area (Å²) in [6.07, 6.45) is 10.5. The Labute approximate surface area is 293 Å². The normalized spacial score (nSPS) is 18.9. The average Bonchev–Trinajstić information content (AvgIpc) is 3.67. The van der Waals surface area contributed by atoms with E-state index in [4.69, 9.17) is 17.0 Å². The van der Waals surface area contributed by atoms with Crippen molar-refractivity contribution in [2.45, 2.75) is 92.5 Å². The fraction of sp³-hybridized carbons (Fsp3) is 0.349. The third-order valence-electron chi connectivity index (χ3n) is 11.3. The molecule has 0 heterocycles. The second-order valence-electron chi connectivity index (χ2n) is 15.5. The molecule has 0 N–H and O–H groups in total. The number of fused-ring (bicyclic) bond motifs is 2. The molecule has 245 valence electrons. The molecular weight excluding hydrogens is 707 g/mol. The van der Waals surface area contributed by atoms with Gasteiger partial charge in [0.2, 0.25) is 0 Å². The van der Waals surface area contributed by atoms with Crippen LogP contribution in [0.4, 0.5) is 0 Å². The van der Waals surface area contributed by atoms with Gasteiger partial charge in [0, 0.05) is 0 Å². The standard InChI is InChI=1S/C22H25.C19H19.C2H7Si.2ClH.Zr/c1-4-7-17-14-20-8-6-9-21(22(20)15-17)19-12-10-18(11-13-19)16(3)5-2;1-19(2,3)16-12-10-15(11-13-16)18-9-5-7-14-6-4-8-17(14)18;1-3-2;;;/h6,8-16H,4-5,7H2,1-3H3;4-13H,1-3H3;3H,1-2H3;2*1H;/q;;;;;+2/p-2. The Kier molecular flexibility index (Phi) is 9.69. The zero-order chi connectivity index (χ0) is 33.7. The maximum atomic E-state index is 8.51. The van der Waals surface area contributed by atoms with Gasteiger partial charge < -0.3 is 0 Å². The fourth-order valence-corrected chi connectivity index (χ4v) is 37.6. The van der Waals surface area contributed by atoms with Crippen LogP contribution in [0.1, 0.15) is 107 Å². The molecule has 0 fully saturated rings. The van der Waals surface area contributed by atoms with Gasteiger partial charge in [-0.3, -0.25) is 0 Å². The number of rotatable bonds is 9. The molecule has 0 spiro atoms. The molecular formula is C43H51Cl2SiZr. The van der Waals surface area contributed by atoms with E-state index in [1.807, 2.05) is 0 Å². The summed E-state index contributed by atoms with van der Waals surface area (Å²) in [5, 5.41) is 0. The first-order valence-corrected chi connectivity index (χ1v) is 34.0. The van der Waals surface area contributed by atoms with Crippen molar-refractivity contribution in [3.63, 3.8) is 0 Å². The molecule has 4 aromatic rings. The van der Waals surface area contributed by atoms with Crippen molar-refractivity contribution in [3.05, 3.63) is 130 Å². The molecule has 0 aliphatic heterocycles. The van der Waals surface area contributed by atoms with Crippen LogP contribution in [0.3, 0.4) is 0 Å². The van der Waals surface area contributed by atoms with Crippen LogP contribution < -0.4 is 0 Å². The molecule has 0 saturated carbocycles. The summed E-state index contributed by atoms with van der Waals surface area (Å²) in [6, 6.07) is 32.1. The number of benzene rings is 4. The summed E-state index contributed by atoms with van der Waals surface area (Å²) in [6.45, 7) is 18.5. The van der Waals surface area contributed by atoms with Gasteiger partial charge in [0.05, 0.1) is 0 Å². The topological polar surface area (TPSA) is 0 Å². The van der Waals surface area contributed by atoms with Gasteiger partial charge in [-0.25, -0.2) is 0 Å². The molecule has 4 aromatic carbocycles. The zero-order valence-electron chi connectivity index (χ0n) is 29.5. The monoisotopic (exact) mass is 755 g/mol. The summed E-state index contributed by atoms with van der Waals surface area (Å²) in [7, 11) is 17.0. The van der Waals surface area contributed by atoms with Crippen molar-refractivity contribution in [1.82, 2.24) is 0 Å². The van der Waals surface area contributed by atoms with Crippen molar-refractivity contribution < 1.29 is 15.6 Å². The summed E-state index contributed by atoms with van der Waals surface area (Å²) in [5.41, 5.74) is 14.8. The molecule has 3 atom stereocenters. The Balaban J connectivity index is 1.47. The van der Waals surface area contributed by atoms with Gasteiger partial charge in [-0.05, 0) is 0 Å². The van der Waals surface area contributed by atoms with E-state index in [1.165, 1.54) is 61.2 Å². The van der Waals surface area contributed by atoms with E-state index in [0.29, 0.717) is 5.92 Å². The van der Waals surface area contributed by atoms with Crippen molar-refractivity contribution in [2.24, 2.45) is 0 Å². The molecule has 4 heteroatoms. The van der Waals surface area contributed by atoms with Crippen LogP contribution in [-0.2, 0) is 21.0 Å². The zero-order valence-corrected chi connectivity index (χ0v) is 34.6. The van der Waals surface area contributed by atoms with Crippen LogP contribution in [0.5, 0.6) is 0 Å². The van der Waals surface area contributed by atoms with Gasteiger partial charge in [0.15, 0.2) is 0 Å². The van der Waals surface area contributed by atoms with Crippen molar-refractivity contribution in [1.29, 1.82) is 0 Å². The maximum absolute atomic E-state index is 8.51. The number of hydrogen-bond donors (Lipinski definition) is 0. The van der Waals surface area contributed by atoms with Gasteiger partial charge in [0.1, 0.15) is 0 Å². The minimum absolute atomic E-state index is 0.0879. The van der Waals surface area contributed by atoms with Gasteiger partial charge in [-0.2, -0.15) is 0 Å². The minimum atomic E-state index is -4.71. The van der Waals surface area contributed by atoms with Crippen LogP contribution in [0.2, 0.25) is 13.1 Å². The fourth-order valence-electron chi connectivity index (χ4n) is 8.19. The molecule has 6 rings (SSSR count). The van der Waals surface area contributed by atoms with E-state index in [1.54, 1.807) is 0 Å². The van der Waals surface area contributed by atoms with E-state index in [9.17, 15) is 0 Å². The summed E-state index contributed by atoms with van der Waals surface area (Å²) in [5.74, 6) is -1.02. The van der Waals surface area contributed by atoms with Crippen LogP contribution in [0.15, 0.2) is 96.6 Å². The Bertz CT molecular complexity index is 1840. The second kappa shape index (κ2) is 13.1. The van der Waals surface area contributed by atoms with Crippen molar-refractivity contribution in [2.75, 3.05) is 0 Å². The number of allylic oxidation sites excluding steroid dienone is 2. The molecule has 2 aliphatic rings. The van der Waals surface area contributed by atoms with E-state index in [-0.39, 0.29) is 12.7 Å². The average molecular weight is 758 g/mol. The summed E-state index contributed by atoms with van der Waals surface area (Å²) >= 11 is -4.71. The van der Waals surface area contributed by atoms with E-state index < -0.39 is 21.5 Å². The van der Waals surface area contributed by atoms with Gasteiger partial charge in [-0.15, -0.1) is 0 Å². The molecule has 0 radical (unpaired) electrons. The van der Waals surface area contributed by atoms with Crippen LogP contribution in [-0.4, -0.2) is 5.92 Å². The van der Waals surface area contributed by atoms with Gasteiger partial charge >= 0.3 is 295 Å². The first-order chi connectivity index (χ1) is 22.3. The SMILES string of the molecule is CCCC1=Cc2c(-c3ccc(C(C)CC)cc3)cccc2[CH]1[Zr]([Cl])([Cl])([CH]1C=Cc2c(-c3ccc(C(C)(C)C)cc3)cccc21)[SiH](C)C. The van der Waals surface area contributed by atoms with E-state index in [2.05, 4.69) is 158 Å². The summed E-state index contributed by atoms with van der Waals surface area (Å²) < 4.78 is 0.209. The van der Waals surface area contributed by atoms with Crippen LogP contribution in [0.25, 0.3) is 34.4 Å². The van der Waals surface area contributed by atoms with Gasteiger partial charge in [0.25, 0.3) is 0 Å². The molecule has 0 aromatic heterocycles. The molecule has 47 heavy (non-hydrogen) atoms. The molecule has 0 bridgehead atoms. The molecule has 2 aliphatic carbocycles. The third kappa shape index (κ3) is 5.98. The molecule has 0 nitrogen and oxygen atoms in total. The van der Waals surface area contributed by atoms with Crippen molar-refractivity contribution >= 4 is 35.1 Å². The first kappa shape index (κ1) is 34.9. The van der Waals surface area contributed by atoms with E-state index in [0.717, 1.165) is 19.3 Å². The Morgan fingerprint density at radius 3 is 1.89 bits per heavy atom. The predicted octanol–water partition coefficient (Wildman–Crippen LogP) is 13.8. The second-order valence-corrected chi connectivity index (χ2v) is 58.1. The Morgan fingerprint density at radius 1 is 0.766 bits per heavy atom. The van der Waals surface area contributed by atoms with Crippen LogP contribution in [0, 0.1) is 0 Å². The molecule has 0 amide bonds. The van der Waals surface area contributed by atoms with Crippen LogP contribution >= 0.6 is 17.0 Å².